The highest BCUT2D eigenvalue weighted by atomic mass is 79.9. The number of halogens is 1. The van der Waals surface area contributed by atoms with Crippen molar-refractivity contribution in [2.75, 3.05) is 13.1 Å². The first-order chi connectivity index (χ1) is 7.74. The number of rotatable bonds is 5. The minimum atomic E-state index is -0.0305. The fourth-order valence-electron chi connectivity index (χ4n) is 1.73. The van der Waals surface area contributed by atoms with E-state index in [4.69, 9.17) is 5.26 Å². The number of benzene rings is 1. The molecule has 84 valence electrons. The van der Waals surface area contributed by atoms with E-state index in [1.807, 2.05) is 6.07 Å². The van der Waals surface area contributed by atoms with E-state index >= 15 is 0 Å². The average molecular weight is 279 g/mol. The summed E-state index contributed by atoms with van der Waals surface area (Å²) >= 11 is 3.46. The molecule has 0 aliphatic heterocycles. The fraction of sp³-hybridized carbons (Fsp3) is 0.462. The Morgan fingerprint density at radius 2 is 2.25 bits per heavy atom. The van der Waals surface area contributed by atoms with Crippen molar-refractivity contribution in [3.8, 4) is 6.07 Å². The third kappa shape index (κ3) is 3.07. The molecule has 0 saturated heterocycles. The lowest BCUT2D eigenvalue weighted by Gasteiger charge is -2.08. The van der Waals surface area contributed by atoms with Gasteiger partial charge >= 0.3 is 0 Å². The molecular formula is C13H15BrN2. The highest BCUT2D eigenvalue weighted by molar-refractivity contribution is 9.10. The summed E-state index contributed by atoms with van der Waals surface area (Å²) in [6.45, 7) is 1.79. The van der Waals surface area contributed by atoms with Gasteiger partial charge in [0.25, 0.3) is 0 Å². The molecule has 1 aliphatic carbocycles. The molecule has 2 nitrogen and oxygen atoms in total. The molecule has 0 unspecified atom stereocenters. The molecule has 16 heavy (non-hydrogen) atoms. The minimum absolute atomic E-state index is 0.0305. The zero-order chi connectivity index (χ0) is 11.4. The molecule has 1 saturated carbocycles. The van der Waals surface area contributed by atoms with Crippen molar-refractivity contribution in [2.45, 2.75) is 19.3 Å². The number of hydrogen-bond acceptors (Lipinski definition) is 2. The number of hydrogen-bond donors (Lipinski definition) is 1. The SMILES string of the molecule is N#CC1(CNCCc2cccc(Br)c2)CC1. The van der Waals surface area contributed by atoms with Crippen LogP contribution in [0.2, 0.25) is 0 Å². The van der Waals surface area contributed by atoms with Gasteiger partial charge in [0.15, 0.2) is 0 Å². The second kappa shape index (κ2) is 4.99. The lowest BCUT2D eigenvalue weighted by Crippen LogP contribution is -2.25. The van der Waals surface area contributed by atoms with Crippen molar-refractivity contribution in [2.24, 2.45) is 5.41 Å². The van der Waals surface area contributed by atoms with Crippen LogP contribution in [0.4, 0.5) is 0 Å². The summed E-state index contributed by atoms with van der Waals surface area (Å²) in [4.78, 5) is 0. The van der Waals surface area contributed by atoms with E-state index in [1.165, 1.54) is 5.56 Å². The summed E-state index contributed by atoms with van der Waals surface area (Å²) in [5.74, 6) is 0. The average Bonchev–Trinajstić information content (AvgIpc) is 3.05. The van der Waals surface area contributed by atoms with Gasteiger partial charge in [0.1, 0.15) is 0 Å². The van der Waals surface area contributed by atoms with Crippen LogP contribution < -0.4 is 5.32 Å². The first kappa shape index (κ1) is 11.6. The van der Waals surface area contributed by atoms with Crippen molar-refractivity contribution in [3.05, 3.63) is 34.3 Å². The second-order valence-corrected chi connectivity index (χ2v) is 5.36. The van der Waals surface area contributed by atoms with E-state index in [2.05, 4.69) is 45.5 Å². The normalized spacial score (nSPS) is 16.8. The predicted octanol–water partition coefficient (Wildman–Crippen LogP) is 2.88. The maximum absolute atomic E-state index is 8.91. The van der Waals surface area contributed by atoms with E-state index in [9.17, 15) is 0 Å². The molecule has 1 fully saturated rings. The molecule has 3 heteroatoms. The Kier molecular flexibility index (Phi) is 3.63. The lowest BCUT2D eigenvalue weighted by atomic mass is 10.1. The van der Waals surface area contributed by atoms with Crippen molar-refractivity contribution in [1.82, 2.24) is 5.32 Å². The summed E-state index contributed by atoms with van der Waals surface area (Å²) < 4.78 is 1.13. The van der Waals surface area contributed by atoms with Crippen LogP contribution >= 0.6 is 15.9 Å². The molecule has 1 N–H and O–H groups in total. The third-order valence-corrected chi connectivity index (χ3v) is 3.53. The van der Waals surface area contributed by atoms with E-state index in [0.717, 1.165) is 36.8 Å². The van der Waals surface area contributed by atoms with Crippen LogP contribution in [0, 0.1) is 16.7 Å². The van der Waals surface area contributed by atoms with Gasteiger partial charge in [-0.2, -0.15) is 5.26 Å². The first-order valence-corrected chi connectivity index (χ1v) is 6.40. The molecule has 0 spiro atoms. The topological polar surface area (TPSA) is 35.8 Å². The Balaban J connectivity index is 1.71. The van der Waals surface area contributed by atoms with Gasteiger partial charge in [0.05, 0.1) is 11.5 Å². The predicted molar refractivity (Wildman–Crippen MR) is 68.0 cm³/mol. The van der Waals surface area contributed by atoms with Crippen LogP contribution in [0.25, 0.3) is 0 Å². The fourth-order valence-corrected chi connectivity index (χ4v) is 2.18. The highest BCUT2D eigenvalue weighted by Crippen LogP contribution is 2.43. The monoisotopic (exact) mass is 278 g/mol. The van der Waals surface area contributed by atoms with Crippen molar-refractivity contribution in [1.29, 1.82) is 5.26 Å². The summed E-state index contributed by atoms with van der Waals surface area (Å²) in [7, 11) is 0. The van der Waals surface area contributed by atoms with Crippen LogP contribution in [0.3, 0.4) is 0 Å². The van der Waals surface area contributed by atoms with Gasteiger partial charge in [-0.25, -0.2) is 0 Å². The summed E-state index contributed by atoms with van der Waals surface area (Å²) in [6.07, 6.45) is 3.14. The highest BCUT2D eigenvalue weighted by Gasteiger charge is 2.42. The smallest absolute Gasteiger partial charge is 0.0703 e. The van der Waals surface area contributed by atoms with Crippen LogP contribution in [-0.4, -0.2) is 13.1 Å². The maximum Gasteiger partial charge on any atom is 0.0703 e. The van der Waals surface area contributed by atoms with Crippen molar-refractivity contribution in [3.63, 3.8) is 0 Å². The van der Waals surface area contributed by atoms with E-state index in [-0.39, 0.29) is 5.41 Å². The van der Waals surface area contributed by atoms with Gasteiger partial charge in [-0.3, -0.25) is 0 Å². The quantitative estimate of drug-likeness (QED) is 0.841. The molecule has 1 aromatic rings. The number of nitrogens with one attached hydrogen (secondary N) is 1. The van der Waals surface area contributed by atoms with Gasteiger partial charge in [-0.15, -0.1) is 0 Å². The molecule has 0 atom stereocenters. The summed E-state index contributed by atoms with van der Waals surface area (Å²) in [5, 5.41) is 12.3. The van der Waals surface area contributed by atoms with Crippen molar-refractivity contribution < 1.29 is 0 Å². The molecule has 0 heterocycles. The van der Waals surface area contributed by atoms with Crippen LogP contribution in [-0.2, 0) is 6.42 Å². The maximum atomic E-state index is 8.91. The Bertz CT molecular complexity index is 405. The van der Waals surface area contributed by atoms with E-state index in [1.54, 1.807) is 0 Å². The molecule has 0 aromatic heterocycles. The van der Waals surface area contributed by atoms with Crippen LogP contribution in [0.5, 0.6) is 0 Å². The number of nitriles is 1. The van der Waals surface area contributed by atoms with Gasteiger partial charge in [-0.05, 0) is 43.5 Å². The minimum Gasteiger partial charge on any atom is -0.315 e. The van der Waals surface area contributed by atoms with E-state index in [0.29, 0.717) is 0 Å². The van der Waals surface area contributed by atoms with Gasteiger partial charge in [0.2, 0.25) is 0 Å². The summed E-state index contributed by atoms with van der Waals surface area (Å²) in [6, 6.07) is 10.7. The van der Waals surface area contributed by atoms with Gasteiger partial charge in [-0.1, -0.05) is 28.1 Å². The Morgan fingerprint density at radius 1 is 1.44 bits per heavy atom. The lowest BCUT2D eigenvalue weighted by molar-refractivity contribution is 0.560. The van der Waals surface area contributed by atoms with Crippen LogP contribution in [0.1, 0.15) is 18.4 Å². The number of nitrogens with zero attached hydrogens (tertiary/aromatic N) is 1. The zero-order valence-electron chi connectivity index (χ0n) is 9.17. The van der Waals surface area contributed by atoms with Gasteiger partial charge in [0, 0.05) is 11.0 Å². The first-order valence-electron chi connectivity index (χ1n) is 5.61. The largest absolute Gasteiger partial charge is 0.315 e. The molecule has 0 bridgehead atoms. The van der Waals surface area contributed by atoms with Gasteiger partial charge < -0.3 is 5.32 Å². The standard InChI is InChI=1S/C13H15BrN2/c14-12-3-1-2-11(8-12)4-7-16-10-13(9-15)5-6-13/h1-3,8,16H,4-7,10H2. The van der Waals surface area contributed by atoms with Crippen LogP contribution in [0.15, 0.2) is 28.7 Å². The Morgan fingerprint density at radius 3 is 2.88 bits per heavy atom. The molecular weight excluding hydrogens is 264 g/mol. The summed E-state index contributed by atoms with van der Waals surface area (Å²) in [5.41, 5.74) is 1.29. The van der Waals surface area contributed by atoms with E-state index < -0.39 is 0 Å². The molecule has 1 aromatic carbocycles. The zero-order valence-corrected chi connectivity index (χ0v) is 10.8. The Labute approximate surface area is 105 Å². The Hall–Kier alpha value is -0.850. The molecule has 2 rings (SSSR count). The second-order valence-electron chi connectivity index (χ2n) is 4.45. The molecule has 0 radical (unpaired) electrons. The third-order valence-electron chi connectivity index (χ3n) is 3.03. The molecule has 1 aliphatic rings. The van der Waals surface area contributed by atoms with Crippen molar-refractivity contribution >= 4 is 15.9 Å². The molecule has 0 amide bonds.